The Kier molecular flexibility index (Phi) is 4.31. The quantitative estimate of drug-likeness (QED) is 0.482. The Balaban J connectivity index is 3.21. The van der Waals surface area contributed by atoms with Crippen LogP contribution >= 0.6 is 22.6 Å². The highest BCUT2D eigenvalue weighted by atomic mass is 127. The first-order chi connectivity index (χ1) is 7.10. The summed E-state index contributed by atoms with van der Waals surface area (Å²) in [6, 6.07) is 1.47. The molecule has 0 aliphatic rings. The number of carbonyl (C=O) groups is 1. The summed E-state index contributed by atoms with van der Waals surface area (Å²) in [4.78, 5) is 22.9. The number of pyridine rings is 1. The summed E-state index contributed by atoms with van der Waals surface area (Å²) in [5, 5.41) is 0. The van der Waals surface area contributed by atoms with Gasteiger partial charge in [-0.15, -0.1) is 0 Å². The summed E-state index contributed by atoms with van der Waals surface area (Å²) >= 11 is 2.11. The van der Waals surface area contributed by atoms with E-state index in [4.69, 9.17) is 4.74 Å². The van der Waals surface area contributed by atoms with Crippen LogP contribution in [0.15, 0.2) is 17.1 Å². The fraction of sp³-hybridized carbons (Fsp3) is 0.400. The second-order valence-electron chi connectivity index (χ2n) is 3.02. The van der Waals surface area contributed by atoms with Gasteiger partial charge < -0.3 is 9.30 Å². The number of hydrogen-bond acceptors (Lipinski definition) is 3. The Hall–Kier alpha value is -0.850. The largest absolute Gasteiger partial charge is 0.462 e. The normalized spacial score (nSPS) is 10.1. The molecule has 1 heterocycles. The monoisotopic (exact) mass is 321 g/mol. The highest BCUT2D eigenvalue weighted by Gasteiger charge is 2.13. The minimum Gasteiger partial charge on any atom is -0.462 e. The molecule has 0 bridgehead atoms. The van der Waals surface area contributed by atoms with E-state index in [9.17, 15) is 9.59 Å². The zero-order valence-corrected chi connectivity index (χ0v) is 10.8. The number of aryl methyl sites for hydroxylation is 1. The molecule has 15 heavy (non-hydrogen) atoms. The van der Waals surface area contributed by atoms with Crippen molar-refractivity contribution >= 4 is 28.6 Å². The highest BCUT2D eigenvalue weighted by molar-refractivity contribution is 14.1. The van der Waals surface area contributed by atoms with Crippen LogP contribution in [0.3, 0.4) is 0 Å². The number of hydrogen-bond donors (Lipinski definition) is 0. The Morgan fingerprint density at radius 3 is 2.80 bits per heavy atom. The van der Waals surface area contributed by atoms with Crippen molar-refractivity contribution < 1.29 is 9.53 Å². The molecule has 0 aromatic carbocycles. The SMILES string of the molecule is CCOC(=O)c1cn(C)c(=O)cc1CI. The molecular weight excluding hydrogens is 309 g/mol. The van der Waals surface area contributed by atoms with Crippen LogP contribution in [-0.2, 0) is 16.2 Å². The van der Waals surface area contributed by atoms with Crippen LogP contribution < -0.4 is 5.56 Å². The van der Waals surface area contributed by atoms with Crippen molar-refractivity contribution in [1.29, 1.82) is 0 Å². The molecule has 1 aromatic rings. The van der Waals surface area contributed by atoms with Crippen molar-refractivity contribution in [3.8, 4) is 0 Å². The van der Waals surface area contributed by atoms with Crippen molar-refractivity contribution in [2.75, 3.05) is 6.61 Å². The predicted molar refractivity (Wildman–Crippen MR) is 65.4 cm³/mol. The van der Waals surface area contributed by atoms with Crippen molar-refractivity contribution in [2.24, 2.45) is 7.05 Å². The van der Waals surface area contributed by atoms with E-state index in [2.05, 4.69) is 22.6 Å². The average Bonchev–Trinajstić information content (AvgIpc) is 2.21. The summed E-state index contributed by atoms with van der Waals surface area (Å²) in [7, 11) is 1.61. The lowest BCUT2D eigenvalue weighted by Gasteiger charge is -2.07. The van der Waals surface area contributed by atoms with Gasteiger partial charge in [0.05, 0.1) is 12.2 Å². The van der Waals surface area contributed by atoms with Gasteiger partial charge >= 0.3 is 5.97 Å². The van der Waals surface area contributed by atoms with E-state index in [0.717, 1.165) is 5.56 Å². The number of halogens is 1. The van der Waals surface area contributed by atoms with E-state index < -0.39 is 0 Å². The summed E-state index contributed by atoms with van der Waals surface area (Å²) in [6.07, 6.45) is 1.52. The van der Waals surface area contributed by atoms with Crippen molar-refractivity contribution in [3.05, 3.63) is 33.7 Å². The standard InChI is InChI=1S/C10H12INO3/c1-3-15-10(14)8-6-12(2)9(13)4-7(8)5-11/h4,6H,3,5H2,1-2H3. The van der Waals surface area contributed by atoms with Gasteiger partial charge in [-0.25, -0.2) is 4.79 Å². The fourth-order valence-corrected chi connectivity index (χ4v) is 1.80. The van der Waals surface area contributed by atoms with Crippen LogP contribution in [0.1, 0.15) is 22.8 Å². The molecule has 0 spiro atoms. The van der Waals surface area contributed by atoms with Gasteiger partial charge in [0, 0.05) is 23.7 Å². The molecule has 1 aromatic heterocycles. The molecule has 82 valence electrons. The third-order valence-electron chi connectivity index (χ3n) is 1.95. The van der Waals surface area contributed by atoms with Gasteiger partial charge in [0.25, 0.3) is 5.56 Å². The van der Waals surface area contributed by atoms with Gasteiger partial charge in [0.15, 0.2) is 0 Å². The van der Waals surface area contributed by atoms with Gasteiger partial charge in [0.1, 0.15) is 0 Å². The number of carbonyl (C=O) groups excluding carboxylic acids is 1. The molecule has 0 fully saturated rings. The van der Waals surface area contributed by atoms with Gasteiger partial charge in [-0.1, -0.05) is 22.6 Å². The number of alkyl halides is 1. The number of ether oxygens (including phenoxy) is 1. The number of nitrogens with zero attached hydrogens (tertiary/aromatic N) is 1. The molecule has 0 aliphatic heterocycles. The Morgan fingerprint density at radius 2 is 2.27 bits per heavy atom. The summed E-state index contributed by atoms with van der Waals surface area (Å²) < 4.78 is 6.90. The van der Waals surface area contributed by atoms with E-state index in [1.165, 1.54) is 16.8 Å². The van der Waals surface area contributed by atoms with E-state index >= 15 is 0 Å². The van der Waals surface area contributed by atoms with E-state index in [1.54, 1.807) is 14.0 Å². The molecule has 1 rings (SSSR count). The molecule has 4 nitrogen and oxygen atoms in total. The van der Waals surface area contributed by atoms with Crippen LogP contribution in [0.2, 0.25) is 0 Å². The topological polar surface area (TPSA) is 48.3 Å². The average molecular weight is 321 g/mol. The Morgan fingerprint density at radius 1 is 1.60 bits per heavy atom. The molecule has 5 heteroatoms. The fourth-order valence-electron chi connectivity index (χ4n) is 1.17. The van der Waals surface area contributed by atoms with Crippen molar-refractivity contribution in [3.63, 3.8) is 0 Å². The first-order valence-electron chi connectivity index (χ1n) is 4.52. The Labute approximate surface area is 101 Å². The molecule has 0 N–H and O–H groups in total. The molecule has 0 unspecified atom stereocenters. The highest BCUT2D eigenvalue weighted by Crippen LogP contribution is 2.11. The second-order valence-corrected chi connectivity index (χ2v) is 3.78. The minimum absolute atomic E-state index is 0.116. The second kappa shape index (κ2) is 5.29. The lowest BCUT2D eigenvalue weighted by molar-refractivity contribution is 0.0524. The lowest BCUT2D eigenvalue weighted by atomic mass is 10.1. The summed E-state index contributed by atoms with van der Waals surface area (Å²) in [5.74, 6) is -0.375. The number of esters is 1. The van der Waals surface area contributed by atoms with Gasteiger partial charge in [-0.2, -0.15) is 0 Å². The predicted octanol–water partition coefficient (Wildman–Crippen LogP) is 1.50. The van der Waals surface area contributed by atoms with Crippen LogP contribution in [-0.4, -0.2) is 17.1 Å². The van der Waals surface area contributed by atoms with Gasteiger partial charge in [-0.05, 0) is 12.5 Å². The molecular formula is C10H12INO3. The molecule has 0 aliphatic carbocycles. The first-order valence-corrected chi connectivity index (χ1v) is 6.05. The van der Waals surface area contributed by atoms with Crippen LogP contribution in [0.25, 0.3) is 0 Å². The van der Waals surface area contributed by atoms with Crippen LogP contribution in [0.4, 0.5) is 0 Å². The Bertz CT molecular complexity index is 425. The van der Waals surface area contributed by atoms with E-state index in [-0.39, 0.29) is 11.5 Å². The maximum Gasteiger partial charge on any atom is 0.339 e. The third-order valence-corrected chi connectivity index (χ3v) is 2.78. The first kappa shape index (κ1) is 12.2. The van der Waals surface area contributed by atoms with E-state index in [1.807, 2.05) is 0 Å². The molecule has 0 saturated heterocycles. The van der Waals surface area contributed by atoms with Crippen molar-refractivity contribution in [2.45, 2.75) is 11.4 Å². The van der Waals surface area contributed by atoms with Crippen LogP contribution in [0, 0.1) is 0 Å². The maximum atomic E-state index is 11.5. The van der Waals surface area contributed by atoms with E-state index in [0.29, 0.717) is 16.6 Å². The zero-order chi connectivity index (χ0) is 11.4. The van der Waals surface area contributed by atoms with Gasteiger partial charge in [-0.3, -0.25) is 4.79 Å². The number of rotatable bonds is 3. The smallest absolute Gasteiger partial charge is 0.339 e. The lowest BCUT2D eigenvalue weighted by Crippen LogP contribution is -2.20. The van der Waals surface area contributed by atoms with Crippen molar-refractivity contribution in [1.82, 2.24) is 4.57 Å². The number of aromatic nitrogens is 1. The molecule has 0 amide bonds. The van der Waals surface area contributed by atoms with Gasteiger partial charge in [0.2, 0.25) is 0 Å². The van der Waals surface area contributed by atoms with Crippen LogP contribution in [0.5, 0.6) is 0 Å². The molecule has 0 radical (unpaired) electrons. The molecule has 0 saturated carbocycles. The minimum atomic E-state index is -0.375. The summed E-state index contributed by atoms with van der Waals surface area (Å²) in [5.41, 5.74) is 1.07. The maximum absolute atomic E-state index is 11.5. The zero-order valence-electron chi connectivity index (χ0n) is 8.62. The molecule has 0 atom stereocenters. The summed E-state index contributed by atoms with van der Waals surface area (Å²) in [6.45, 7) is 2.09. The third kappa shape index (κ3) is 2.80.